The molecule has 0 saturated heterocycles. The summed E-state index contributed by atoms with van der Waals surface area (Å²) < 4.78 is 43.6. The summed E-state index contributed by atoms with van der Waals surface area (Å²) in [6.45, 7) is 3.45. The van der Waals surface area contributed by atoms with E-state index in [0.717, 1.165) is 5.56 Å². The standard InChI is InChI=1S/C24H24F3N3O/c1-12-7-13(2)21(27)17(8-12)20-19(26)6-5-16-22(20)29-11-18(24(31)28-3)23(16)30(4)15-9-14(25)10-15/h5-8,11,14-15H,9-10H2,1-4H3,(H,28,31). The molecule has 0 unspecified atom stereocenters. The number of carbonyl (C=O) groups is 1. The molecule has 4 rings (SSSR count). The van der Waals surface area contributed by atoms with Gasteiger partial charge < -0.3 is 10.2 Å². The SMILES string of the molecule is CNC(=O)c1cnc2c(-c3cc(C)cc(C)c3F)c(F)ccc2c1N(C)C1CC(F)C1. The molecule has 31 heavy (non-hydrogen) atoms. The Hall–Kier alpha value is -3.09. The van der Waals surface area contributed by atoms with Crippen molar-refractivity contribution in [1.29, 1.82) is 0 Å². The van der Waals surface area contributed by atoms with Gasteiger partial charge in [-0.15, -0.1) is 0 Å². The number of nitrogens with one attached hydrogen (secondary N) is 1. The number of nitrogens with zero attached hydrogens (tertiary/aromatic N) is 2. The Kier molecular flexibility index (Phi) is 5.37. The number of alkyl halides is 1. The first kappa shape index (κ1) is 21.2. The summed E-state index contributed by atoms with van der Waals surface area (Å²) in [5.74, 6) is -1.46. The van der Waals surface area contributed by atoms with Crippen molar-refractivity contribution in [2.24, 2.45) is 0 Å². The Morgan fingerprint density at radius 2 is 1.90 bits per heavy atom. The molecule has 0 spiro atoms. The van der Waals surface area contributed by atoms with Crippen LogP contribution in [0.4, 0.5) is 18.9 Å². The van der Waals surface area contributed by atoms with Gasteiger partial charge in [0.15, 0.2) is 0 Å². The molecule has 1 fully saturated rings. The highest BCUT2D eigenvalue weighted by atomic mass is 19.1. The highest BCUT2D eigenvalue weighted by Gasteiger charge is 2.34. The van der Waals surface area contributed by atoms with Crippen molar-refractivity contribution in [3.05, 3.63) is 58.8 Å². The van der Waals surface area contributed by atoms with Crippen molar-refractivity contribution in [1.82, 2.24) is 10.3 Å². The van der Waals surface area contributed by atoms with E-state index < -0.39 is 17.8 Å². The third-order valence-electron chi connectivity index (χ3n) is 6.06. The van der Waals surface area contributed by atoms with Gasteiger partial charge in [0.05, 0.1) is 16.8 Å². The Morgan fingerprint density at radius 3 is 2.55 bits per heavy atom. The van der Waals surface area contributed by atoms with Crippen LogP contribution < -0.4 is 10.2 Å². The minimum absolute atomic E-state index is 0.0527. The van der Waals surface area contributed by atoms with Crippen LogP contribution in [0, 0.1) is 25.5 Å². The number of aryl methyl sites for hydroxylation is 2. The highest BCUT2D eigenvalue weighted by molar-refractivity contribution is 6.10. The van der Waals surface area contributed by atoms with Crippen molar-refractivity contribution in [2.75, 3.05) is 19.0 Å². The number of hydrogen-bond acceptors (Lipinski definition) is 3. The minimum atomic E-state index is -0.874. The average Bonchev–Trinajstić information content (AvgIpc) is 2.72. The zero-order chi connectivity index (χ0) is 22.4. The van der Waals surface area contributed by atoms with Crippen LogP contribution in [0.3, 0.4) is 0 Å². The van der Waals surface area contributed by atoms with Gasteiger partial charge in [-0.05, 0) is 50.5 Å². The van der Waals surface area contributed by atoms with Gasteiger partial charge in [0, 0.05) is 42.8 Å². The molecule has 3 aromatic rings. The second-order valence-corrected chi connectivity index (χ2v) is 8.19. The van der Waals surface area contributed by atoms with Crippen LogP contribution >= 0.6 is 0 Å². The monoisotopic (exact) mass is 427 g/mol. The Bertz CT molecular complexity index is 1190. The molecule has 1 amide bonds. The predicted molar refractivity (Wildman–Crippen MR) is 116 cm³/mol. The quantitative estimate of drug-likeness (QED) is 0.631. The maximum absolute atomic E-state index is 15.0. The van der Waals surface area contributed by atoms with E-state index in [1.54, 1.807) is 32.2 Å². The lowest BCUT2D eigenvalue weighted by molar-refractivity contribution is 0.0963. The van der Waals surface area contributed by atoms with Crippen molar-refractivity contribution in [3.8, 4) is 11.1 Å². The molecule has 1 aliphatic rings. The van der Waals surface area contributed by atoms with Crippen LogP contribution in [0.25, 0.3) is 22.0 Å². The van der Waals surface area contributed by atoms with E-state index in [1.165, 1.54) is 19.3 Å². The molecule has 2 aromatic carbocycles. The lowest BCUT2D eigenvalue weighted by Crippen LogP contribution is -2.44. The van der Waals surface area contributed by atoms with Crippen molar-refractivity contribution < 1.29 is 18.0 Å². The number of fused-ring (bicyclic) bond motifs is 1. The van der Waals surface area contributed by atoms with Gasteiger partial charge in [0.25, 0.3) is 5.91 Å². The van der Waals surface area contributed by atoms with Crippen LogP contribution in [0.15, 0.2) is 30.5 Å². The zero-order valence-corrected chi connectivity index (χ0v) is 17.9. The maximum Gasteiger partial charge on any atom is 0.254 e. The molecule has 0 aliphatic heterocycles. The van der Waals surface area contributed by atoms with E-state index in [0.29, 0.717) is 35.0 Å². The molecular weight excluding hydrogens is 403 g/mol. The first-order valence-electron chi connectivity index (χ1n) is 10.2. The zero-order valence-electron chi connectivity index (χ0n) is 17.9. The van der Waals surface area contributed by atoms with Gasteiger partial charge in [-0.2, -0.15) is 0 Å². The first-order valence-corrected chi connectivity index (χ1v) is 10.2. The van der Waals surface area contributed by atoms with E-state index >= 15 is 8.78 Å². The maximum atomic E-state index is 15.0. The molecule has 0 bridgehead atoms. The smallest absolute Gasteiger partial charge is 0.254 e. The third kappa shape index (κ3) is 3.52. The second kappa shape index (κ2) is 7.87. The van der Waals surface area contributed by atoms with E-state index in [2.05, 4.69) is 10.3 Å². The molecule has 0 radical (unpaired) electrons. The Balaban J connectivity index is 2.02. The summed E-state index contributed by atoms with van der Waals surface area (Å²) in [7, 11) is 3.30. The number of pyridine rings is 1. The number of hydrogen-bond donors (Lipinski definition) is 1. The fraction of sp³-hybridized carbons (Fsp3) is 0.333. The third-order valence-corrected chi connectivity index (χ3v) is 6.06. The van der Waals surface area contributed by atoms with Crippen LogP contribution in [0.1, 0.15) is 34.3 Å². The molecule has 7 heteroatoms. The summed E-state index contributed by atoms with van der Waals surface area (Å²) in [6.07, 6.45) is 1.21. The molecule has 4 nitrogen and oxygen atoms in total. The fourth-order valence-electron chi connectivity index (χ4n) is 4.32. The van der Waals surface area contributed by atoms with Gasteiger partial charge in [0.1, 0.15) is 17.8 Å². The predicted octanol–water partition coefficient (Wildman–Crippen LogP) is 5.09. The van der Waals surface area contributed by atoms with Crippen molar-refractivity contribution in [2.45, 2.75) is 38.9 Å². The van der Waals surface area contributed by atoms with Crippen LogP contribution in [0.2, 0.25) is 0 Å². The number of halogens is 3. The van der Waals surface area contributed by atoms with Gasteiger partial charge in [-0.3, -0.25) is 9.78 Å². The Morgan fingerprint density at radius 1 is 1.19 bits per heavy atom. The first-order chi connectivity index (χ1) is 14.7. The number of aromatic nitrogens is 1. The van der Waals surface area contributed by atoms with Gasteiger partial charge in [-0.25, -0.2) is 13.2 Å². The molecule has 0 atom stereocenters. The lowest BCUT2D eigenvalue weighted by atomic mass is 9.88. The van der Waals surface area contributed by atoms with Crippen molar-refractivity contribution in [3.63, 3.8) is 0 Å². The fourth-order valence-corrected chi connectivity index (χ4v) is 4.32. The number of carbonyl (C=O) groups excluding carboxylic acids is 1. The lowest BCUT2D eigenvalue weighted by Gasteiger charge is -2.39. The highest BCUT2D eigenvalue weighted by Crippen LogP contribution is 2.40. The van der Waals surface area contributed by atoms with E-state index in [1.807, 2.05) is 11.8 Å². The molecule has 1 N–H and O–H groups in total. The van der Waals surface area contributed by atoms with E-state index in [-0.39, 0.29) is 28.6 Å². The largest absolute Gasteiger partial charge is 0.370 e. The molecule has 162 valence electrons. The van der Waals surface area contributed by atoms with Crippen molar-refractivity contribution >= 4 is 22.5 Å². The van der Waals surface area contributed by atoms with E-state index in [4.69, 9.17) is 0 Å². The molecule has 1 aliphatic carbocycles. The van der Waals surface area contributed by atoms with Crippen LogP contribution in [-0.4, -0.2) is 37.2 Å². The van der Waals surface area contributed by atoms with Crippen LogP contribution in [-0.2, 0) is 0 Å². The van der Waals surface area contributed by atoms with Gasteiger partial charge >= 0.3 is 0 Å². The Labute approximate surface area is 179 Å². The number of anilines is 1. The summed E-state index contributed by atoms with van der Waals surface area (Å²) >= 11 is 0. The van der Waals surface area contributed by atoms with Gasteiger partial charge in [0.2, 0.25) is 0 Å². The summed E-state index contributed by atoms with van der Waals surface area (Å²) in [4.78, 5) is 18.8. The summed E-state index contributed by atoms with van der Waals surface area (Å²) in [6, 6.07) is 6.02. The topological polar surface area (TPSA) is 45.2 Å². The number of amides is 1. The minimum Gasteiger partial charge on any atom is -0.370 e. The molecule has 1 saturated carbocycles. The number of rotatable bonds is 4. The molecular formula is C24H24F3N3O. The number of benzene rings is 2. The van der Waals surface area contributed by atoms with Crippen LogP contribution in [0.5, 0.6) is 0 Å². The molecule has 1 heterocycles. The van der Waals surface area contributed by atoms with E-state index in [9.17, 15) is 9.18 Å². The molecule has 1 aromatic heterocycles. The summed E-state index contributed by atoms with van der Waals surface area (Å²) in [5.41, 5.74) is 2.49. The van der Waals surface area contributed by atoms with Gasteiger partial charge in [-0.1, -0.05) is 11.6 Å². The second-order valence-electron chi connectivity index (χ2n) is 8.19. The normalized spacial score (nSPS) is 18.0. The summed E-state index contributed by atoms with van der Waals surface area (Å²) in [5, 5.41) is 3.11. The average molecular weight is 427 g/mol.